The molecule has 102 valence electrons. The molecule has 0 aromatic rings. The molecule has 1 heterocycles. The van der Waals surface area contributed by atoms with Gasteiger partial charge in [-0.1, -0.05) is 20.8 Å². The molecule has 1 saturated heterocycles. The summed E-state index contributed by atoms with van der Waals surface area (Å²) in [5.41, 5.74) is -0.0129. The SMILES string of the molecule is CN1CCC(CN(C)CC(O)C(C)(C)C)CC1. The molecular formula is C14H30N2O. The van der Waals surface area contributed by atoms with Crippen molar-refractivity contribution in [3.05, 3.63) is 0 Å². The molecule has 1 N–H and O–H groups in total. The molecule has 0 saturated carbocycles. The second kappa shape index (κ2) is 6.17. The van der Waals surface area contributed by atoms with Gasteiger partial charge in [-0.2, -0.15) is 0 Å². The third-order valence-corrected chi connectivity index (χ3v) is 3.89. The van der Waals surface area contributed by atoms with Gasteiger partial charge in [-0.25, -0.2) is 0 Å². The average Bonchev–Trinajstić information content (AvgIpc) is 2.20. The van der Waals surface area contributed by atoms with Gasteiger partial charge in [-0.15, -0.1) is 0 Å². The van der Waals surface area contributed by atoms with Crippen molar-refractivity contribution in [2.24, 2.45) is 11.3 Å². The maximum Gasteiger partial charge on any atom is 0.0715 e. The third-order valence-electron chi connectivity index (χ3n) is 3.89. The number of aliphatic hydroxyl groups is 1. The molecule has 3 nitrogen and oxygen atoms in total. The molecular weight excluding hydrogens is 212 g/mol. The quantitative estimate of drug-likeness (QED) is 0.812. The van der Waals surface area contributed by atoms with Gasteiger partial charge >= 0.3 is 0 Å². The zero-order chi connectivity index (χ0) is 13.1. The van der Waals surface area contributed by atoms with E-state index in [9.17, 15) is 5.11 Å². The molecule has 0 spiro atoms. The van der Waals surface area contributed by atoms with Crippen LogP contribution in [0.2, 0.25) is 0 Å². The molecule has 0 bridgehead atoms. The lowest BCUT2D eigenvalue weighted by Gasteiger charge is -2.34. The summed E-state index contributed by atoms with van der Waals surface area (Å²) in [4.78, 5) is 4.70. The van der Waals surface area contributed by atoms with Gasteiger partial charge in [0.15, 0.2) is 0 Å². The van der Waals surface area contributed by atoms with E-state index < -0.39 is 0 Å². The Morgan fingerprint density at radius 1 is 1.29 bits per heavy atom. The second-order valence-corrected chi connectivity index (χ2v) is 6.85. The first-order chi connectivity index (χ1) is 7.79. The van der Waals surface area contributed by atoms with Crippen molar-refractivity contribution in [2.75, 3.05) is 40.3 Å². The molecule has 1 fully saturated rings. The Morgan fingerprint density at radius 3 is 2.29 bits per heavy atom. The summed E-state index contributed by atoms with van der Waals surface area (Å²) in [6, 6.07) is 0. The van der Waals surface area contributed by atoms with Crippen molar-refractivity contribution in [1.82, 2.24) is 9.80 Å². The second-order valence-electron chi connectivity index (χ2n) is 6.85. The van der Waals surface area contributed by atoms with Crippen LogP contribution in [0.25, 0.3) is 0 Å². The number of rotatable bonds is 4. The summed E-state index contributed by atoms with van der Waals surface area (Å²) in [6.45, 7) is 10.7. The van der Waals surface area contributed by atoms with Crippen LogP contribution in [0.3, 0.4) is 0 Å². The largest absolute Gasteiger partial charge is 0.391 e. The Kier molecular flexibility index (Phi) is 5.42. The van der Waals surface area contributed by atoms with E-state index in [2.05, 4.69) is 44.7 Å². The molecule has 3 heteroatoms. The van der Waals surface area contributed by atoms with Crippen molar-refractivity contribution in [3.63, 3.8) is 0 Å². The van der Waals surface area contributed by atoms with E-state index in [4.69, 9.17) is 0 Å². The standard InChI is InChI=1S/C14H30N2O/c1-14(2,3)13(17)11-16(5)10-12-6-8-15(4)9-7-12/h12-13,17H,6-11H2,1-5H3. The van der Waals surface area contributed by atoms with E-state index in [1.165, 1.54) is 25.9 Å². The first kappa shape index (κ1) is 14.9. The zero-order valence-corrected chi connectivity index (χ0v) is 12.2. The highest BCUT2D eigenvalue weighted by atomic mass is 16.3. The van der Waals surface area contributed by atoms with Gasteiger partial charge in [-0.3, -0.25) is 0 Å². The number of hydrogen-bond acceptors (Lipinski definition) is 3. The molecule has 0 aromatic heterocycles. The molecule has 1 aliphatic rings. The number of piperidine rings is 1. The van der Waals surface area contributed by atoms with Crippen molar-refractivity contribution in [1.29, 1.82) is 0 Å². The topological polar surface area (TPSA) is 26.7 Å². The van der Waals surface area contributed by atoms with Crippen LogP contribution in [0, 0.1) is 11.3 Å². The van der Waals surface area contributed by atoms with Gasteiger partial charge in [0, 0.05) is 13.1 Å². The molecule has 17 heavy (non-hydrogen) atoms. The Bertz CT molecular complexity index is 217. The van der Waals surface area contributed by atoms with Crippen LogP contribution in [0.5, 0.6) is 0 Å². The Labute approximate surface area is 107 Å². The van der Waals surface area contributed by atoms with Crippen molar-refractivity contribution in [2.45, 2.75) is 39.7 Å². The normalized spacial score (nSPS) is 22.1. The Balaban J connectivity index is 2.27. The van der Waals surface area contributed by atoms with E-state index >= 15 is 0 Å². The third kappa shape index (κ3) is 5.36. The number of likely N-dealkylation sites (tertiary alicyclic amines) is 1. The van der Waals surface area contributed by atoms with Gasteiger partial charge in [0.1, 0.15) is 0 Å². The van der Waals surface area contributed by atoms with Crippen LogP contribution in [0.4, 0.5) is 0 Å². The Hall–Kier alpha value is -0.120. The summed E-state index contributed by atoms with van der Waals surface area (Å²) >= 11 is 0. The van der Waals surface area contributed by atoms with Crippen molar-refractivity contribution < 1.29 is 5.11 Å². The van der Waals surface area contributed by atoms with Gasteiger partial charge in [0.05, 0.1) is 6.10 Å². The maximum atomic E-state index is 10.1. The predicted octanol–water partition coefficient (Wildman–Crippen LogP) is 1.67. The van der Waals surface area contributed by atoms with E-state index in [0.29, 0.717) is 0 Å². The summed E-state index contributed by atoms with van der Waals surface area (Å²) in [5, 5.41) is 10.1. The lowest BCUT2D eigenvalue weighted by molar-refractivity contribution is 0.0289. The highest BCUT2D eigenvalue weighted by molar-refractivity contribution is 4.78. The van der Waals surface area contributed by atoms with Gasteiger partial charge in [0.2, 0.25) is 0 Å². The number of aliphatic hydroxyl groups excluding tert-OH is 1. The van der Waals surface area contributed by atoms with E-state index in [-0.39, 0.29) is 11.5 Å². The van der Waals surface area contributed by atoms with Gasteiger partial charge in [0.25, 0.3) is 0 Å². The Morgan fingerprint density at radius 2 is 1.82 bits per heavy atom. The van der Waals surface area contributed by atoms with Gasteiger partial charge in [-0.05, 0) is 51.4 Å². The fourth-order valence-electron chi connectivity index (χ4n) is 2.33. The van der Waals surface area contributed by atoms with Crippen LogP contribution < -0.4 is 0 Å². The number of hydrogen-bond donors (Lipinski definition) is 1. The van der Waals surface area contributed by atoms with Crippen molar-refractivity contribution >= 4 is 0 Å². The molecule has 0 radical (unpaired) electrons. The fraction of sp³-hybridized carbons (Fsp3) is 1.00. The van der Waals surface area contributed by atoms with Crippen molar-refractivity contribution in [3.8, 4) is 0 Å². The first-order valence-corrected chi connectivity index (χ1v) is 6.84. The van der Waals surface area contributed by atoms with Gasteiger partial charge < -0.3 is 14.9 Å². The smallest absolute Gasteiger partial charge is 0.0715 e. The molecule has 1 atom stereocenters. The number of likely N-dealkylation sites (N-methyl/N-ethyl adjacent to an activating group) is 1. The van der Waals surface area contributed by atoms with E-state index in [1.807, 2.05) is 0 Å². The number of nitrogens with zero attached hydrogens (tertiary/aromatic N) is 2. The molecule has 1 unspecified atom stereocenters. The summed E-state index contributed by atoms with van der Waals surface area (Å²) in [6.07, 6.45) is 2.36. The zero-order valence-electron chi connectivity index (χ0n) is 12.2. The highest BCUT2D eigenvalue weighted by Crippen LogP contribution is 2.21. The monoisotopic (exact) mass is 242 g/mol. The highest BCUT2D eigenvalue weighted by Gasteiger charge is 2.25. The minimum absolute atomic E-state index is 0.0129. The molecule has 0 aromatic carbocycles. The van der Waals surface area contributed by atoms with Crippen LogP contribution in [-0.2, 0) is 0 Å². The lowest BCUT2D eigenvalue weighted by atomic mass is 9.88. The first-order valence-electron chi connectivity index (χ1n) is 6.84. The maximum absolute atomic E-state index is 10.1. The van der Waals surface area contributed by atoms with Crippen LogP contribution in [0.1, 0.15) is 33.6 Å². The van der Waals surface area contributed by atoms with Crippen LogP contribution >= 0.6 is 0 Å². The fourth-order valence-corrected chi connectivity index (χ4v) is 2.33. The molecule has 1 aliphatic heterocycles. The molecule has 0 amide bonds. The average molecular weight is 242 g/mol. The summed E-state index contributed by atoms with van der Waals surface area (Å²) in [7, 11) is 4.33. The lowest BCUT2D eigenvalue weighted by Crippen LogP contribution is -2.41. The van der Waals surface area contributed by atoms with E-state index in [1.54, 1.807) is 0 Å². The van der Waals surface area contributed by atoms with Crippen LogP contribution in [-0.4, -0.2) is 61.3 Å². The molecule has 1 rings (SSSR count). The minimum Gasteiger partial charge on any atom is -0.391 e. The summed E-state index contributed by atoms with van der Waals surface area (Å²) < 4.78 is 0. The van der Waals surface area contributed by atoms with Crippen LogP contribution in [0.15, 0.2) is 0 Å². The van der Waals surface area contributed by atoms with E-state index in [0.717, 1.165) is 19.0 Å². The molecule has 0 aliphatic carbocycles. The summed E-state index contributed by atoms with van der Waals surface area (Å²) in [5.74, 6) is 0.809. The predicted molar refractivity (Wildman–Crippen MR) is 73.2 cm³/mol. The minimum atomic E-state index is -0.237.